The number of fused-ring (bicyclic) bond motifs is 1. The second-order valence-electron chi connectivity index (χ2n) is 3.95. The number of hydrogen-bond donors (Lipinski definition) is 0. The number of Topliss-reactive ketones (excluding diaryl/α,β-unsaturated/α-hetero) is 1. The Morgan fingerprint density at radius 2 is 2.00 bits per heavy atom. The van der Waals surface area contributed by atoms with Crippen molar-refractivity contribution in [3.63, 3.8) is 0 Å². The smallest absolute Gasteiger partial charge is 0.177 e. The molecule has 2 heterocycles. The van der Waals surface area contributed by atoms with Gasteiger partial charge < -0.3 is 0 Å². The van der Waals surface area contributed by atoms with Gasteiger partial charge in [-0.2, -0.15) is 0 Å². The number of rotatable bonds is 3. The van der Waals surface area contributed by atoms with Crippen LogP contribution in [0.15, 0.2) is 41.8 Å². The third kappa shape index (κ3) is 2.09. The topological polar surface area (TPSA) is 17.1 Å². The summed E-state index contributed by atoms with van der Waals surface area (Å²) in [5, 5.41) is 2.01. The monoisotopic (exact) mass is 276 g/mol. The third-order valence-electron chi connectivity index (χ3n) is 2.72. The summed E-state index contributed by atoms with van der Waals surface area (Å²) in [6.45, 7) is 0. The lowest BCUT2D eigenvalue weighted by molar-refractivity contribution is 0.0996. The highest BCUT2D eigenvalue weighted by atomic mass is 32.1. The summed E-state index contributed by atoms with van der Waals surface area (Å²) in [7, 11) is 0. The van der Waals surface area contributed by atoms with Crippen LogP contribution in [0.4, 0.5) is 4.39 Å². The molecule has 90 valence electrons. The van der Waals surface area contributed by atoms with Crippen LogP contribution in [0.3, 0.4) is 0 Å². The Morgan fingerprint density at radius 3 is 2.78 bits per heavy atom. The molecule has 0 atom stereocenters. The van der Waals surface area contributed by atoms with Crippen LogP contribution in [0.1, 0.15) is 15.2 Å². The van der Waals surface area contributed by atoms with Gasteiger partial charge in [0.2, 0.25) is 0 Å². The van der Waals surface area contributed by atoms with Gasteiger partial charge in [-0.25, -0.2) is 4.39 Å². The molecule has 3 aromatic rings. The summed E-state index contributed by atoms with van der Waals surface area (Å²) in [5.41, 5.74) is 0.458. The quantitative estimate of drug-likeness (QED) is 0.642. The number of thiophene rings is 2. The van der Waals surface area contributed by atoms with Crippen LogP contribution < -0.4 is 0 Å². The molecule has 0 unspecified atom stereocenters. The first-order valence-corrected chi connectivity index (χ1v) is 7.17. The fourth-order valence-electron chi connectivity index (χ4n) is 1.81. The van der Waals surface area contributed by atoms with E-state index in [4.69, 9.17) is 0 Å². The van der Waals surface area contributed by atoms with E-state index in [1.165, 1.54) is 17.4 Å². The predicted octanol–water partition coefficient (Wildman–Crippen LogP) is 4.53. The molecule has 18 heavy (non-hydrogen) atoms. The molecule has 0 radical (unpaired) electrons. The zero-order valence-electron chi connectivity index (χ0n) is 9.35. The van der Waals surface area contributed by atoms with E-state index in [1.54, 1.807) is 29.5 Å². The largest absolute Gasteiger partial charge is 0.293 e. The summed E-state index contributed by atoms with van der Waals surface area (Å²) in [4.78, 5) is 12.8. The van der Waals surface area contributed by atoms with Gasteiger partial charge in [0.05, 0.1) is 4.88 Å². The maximum Gasteiger partial charge on any atom is 0.177 e. The predicted molar refractivity (Wildman–Crippen MR) is 74.1 cm³/mol. The van der Waals surface area contributed by atoms with Crippen molar-refractivity contribution in [3.8, 4) is 0 Å². The van der Waals surface area contributed by atoms with Crippen LogP contribution in [0.25, 0.3) is 9.40 Å². The lowest BCUT2D eigenvalue weighted by Crippen LogP contribution is -2.02. The Kier molecular flexibility index (Phi) is 2.97. The van der Waals surface area contributed by atoms with E-state index in [-0.39, 0.29) is 18.0 Å². The molecule has 0 aliphatic carbocycles. The Hall–Kier alpha value is -1.52. The Morgan fingerprint density at radius 1 is 1.17 bits per heavy atom. The van der Waals surface area contributed by atoms with Gasteiger partial charge in [-0.3, -0.25) is 4.79 Å². The first-order valence-electron chi connectivity index (χ1n) is 5.47. The molecular weight excluding hydrogens is 267 g/mol. The zero-order chi connectivity index (χ0) is 12.5. The lowest BCUT2D eigenvalue weighted by Gasteiger charge is -2.00. The molecule has 0 fully saturated rings. The fourth-order valence-corrected chi connectivity index (χ4v) is 3.85. The Bertz CT molecular complexity index is 683. The van der Waals surface area contributed by atoms with Crippen molar-refractivity contribution in [1.29, 1.82) is 0 Å². The Balaban J connectivity index is 1.87. The molecule has 0 bridgehead atoms. The van der Waals surface area contributed by atoms with Crippen molar-refractivity contribution in [2.24, 2.45) is 0 Å². The van der Waals surface area contributed by atoms with Gasteiger partial charge in [0.1, 0.15) is 5.82 Å². The summed E-state index contributed by atoms with van der Waals surface area (Å²) in [6, 6.07) is 10.3. The van der Waals surface area contributed by atoms with E-state index in [2.05, 4.69) is 0 Å². The number of ketones is 1. The van der Waals surface area contributed by atoms with Gasteiger partial charge in [-0.05, 0) is 29.1 Å². The molecule has 0 amide bonds. The maximum atomic E-state index is 13.5. The third-order valence-corrected chi connectivity index (χ3v) is 4.86. The van der Waals surface area contributed by atoms with Gasteiger partial charge in [-0.1, -0.05) is 18.2 Å². The molecule has 4 heteroatoms. The second kappa shape index (κ2) is 4.63. The van der Waals surface area contributed by atoms with E-state index in [9.17, 15) is 9.18 Å². The van der Waals surface area contributed by atoms with Crippen LogP contribution in [0, 0.1) is 5.82 Å². The number of carbonyl (C=O) groups is 1. The first kappa shape index (κ1) is 11.6. The van der Waals surface area contributed by atoms with Crippen molar-refractivity contribution >= 4 is 37.9 Å². The minimum atomic E-state index is -0.316. The fraction of sp³-hybridized carbons (Fsp3) is 0.0714. The van der Waals surface area contributed by atoms with Crippen LogP contribution in [0.2, 0.25) is 0 Å². The van der Waals surface area contributed by atoms with Crippen LogP contribution >= 0.6 is 22.7 Å². The molecule has 0 aliphatic rings. The molecule has 3 rings (SSSR count). The van der Waals surface area contributed by atoms with E-state index >= 15 is 0 Å². The average Bonchev–Trinajstić information content (AvgIpc) is 2.92. The van der Waals surface area contributed by atoms with E-state index in [0.717, 1.165) is 9.40 Å². The lowest BCUT2D eigenvalue weighted by atomic mass is 10.1. The van der Waals surface area contributed by atoms with Crippen molar-refractivity contribution in [1.82, 2.24) is 0 Å². The molecule has 0 saturated carbocycles. The highest BCUT2D eigenvalue weighted by molar-refractivity contribution is 7.27. The normalized spacial score (nSPS) is 10.9. The molecule has 0 N–H and O–H groups in total. The van der Waals surface area contributed by atoms with Crippen molar-refractivity contribution in [3.05, 3.63) is 58.0 Å². The summed E-state index contributed by atoms with van der Waals surface area (Å²) in [5.74, 6) is -0.335. The molecule has 0 saturated heterocycles. The van der Waals surface area contributed by atoms with Gasteiger partial charge >= 0.3 is 0 Å². The molecule has 0 spiro atoms. The average molecular weight is 276 g/mol. The van der Waals surface area contributed by atoms with E-state index in [0.29, 0.717) is 10.4 Å². The standard InChI is InChI=1S/C14H9FOS2/c15-10-4-2-1-3-9(10)7-11(16)13-8-14-12(18-13)5-6-17-14/h1-6,8H,7H2. The zero-order valence-corrected chi connectivity index (χ0v) is 11.0. The maximum absolute atomic E-state index is 13.5. The molecular formula is C14H9FOS2. The van der Waals surface area contributed by atoms with Gasteiger partial charge in [0, 0.05) is 15.8 Å². The van der Waals surface area contributed by atoms with Crippen LogP contribution in [-0.4, -0.2) is 5.78 Å². The highest BCUT2D eigenvalue weighted by Crippen LogP contribution is 2.30. The first-order chi connectivity index (χ1) is 8.74. The van der Waals surface area contributed by atoms with Crippen molar-refractivity contribution < 1.29 is 9.18 Å². The minimum absolute atomic E-state index is 0.0199. The molecule has 0 aliphatic heterocycles. The second-order valence-corrected chi connectivity index (χ2v) is 5.98. The summed E-state index contributed by atoms with van der Waals surface area (Å²) >= 11 is 3.09. The summed E-state index contributed by atoms with van der Waals surface area (Å²) < 4.78 is 15.7. The van der Waals surface area contributed by atoms with Gasteiger partial charge in [0.15, 0.2) is 5.78 Å². The number of carbonyl (C=O) groups excluding carboxylic acids is 1. The van der Waals surface area contributed by atoms with Crippen molar-refractivity contribution in [2.45, 2.75) is 6.42 Å². The summed E-state index contributed by atoms with van der Waals surface area (Å²) in [6.07, 6.45) is 0.125. The SMILES string of the molecule is O=C(Cc1ccccc1F)c1cc2sccc2s1. The molecule has 1 nitrogen and oxygen atoms in total. The number of benzene rings is 1. The Labute approximate surface area is 112 Å². The number of hydrogen-bond acceptors (Lipinski definition) is 3. The van der Waals surface area contributed by atoms with E-state index < -0.39 is 0 Å². The minimum Gasteiger partial charge on any atom is -0.293 e. The molecule has 1 aromatic carbocycles. The molecule has 2 aromatic heterocycles. The van der Waals surface area contributed by atoms with Crippen molar-refractivity contribution in [2.75, 3.05) is 0 Å². The van der Waals surface area contributed by atoms with Gasteiger partial charge in [0.25, 0.3) is 0 Å². The van der Waals surface area contributed by atoms with Crippen LogP contribution in [-0.2, 0) is 6.42 Å². The number of halogens is 1. The van der Waals surface area contributed by atoms with Gasteiger partial charge in [-0.15, -0.1) is 22.7 Å². The van der Waals surface area contributed by atoms with E-state index in [1.807, 2.05) is 17.5 Å². The highest BCUT2D eigenvalue weighted by Gasteiger charge is 2.13. The van der Waals surface area contributed by atoms with Crippen LogP contribution in [0.5, 0.6) is 0 Å².